The number of amides is 1. The zero-order valence-electron chi connectivity index (χ0n) is 9.67. The van der Waals surface area contributed by atoms with E-state index in [1.807, 2.05) is 0 Å². The van der Waals surface area contributed by atoms with Crippen molar-refractivity contribution >= 4 is 11.9 Å². The average Bonchev–Trinajstić information content (AvgIpc) is 2.62. The van der Waals surface area contributed by atoms with Crippen molar-refractivity contribution in [3.63, 3.8) is 0 Å². The lowest BCUT2D eigenvalue weighted by atomic mass is 10.3. The molecule has 1 atom stereocenters. The standard InChI is InChI=1S/C9H15N5O3/c1-6(15)12-7(9(16)17)3-10-4-8-11-5-14(2)13-8/h5,7,10H,3-4H2,1-2H3,(H,12,15)(H,16,17). The van der Waals surface area contributed by atoms with E-state index in [-0.39, 0.29) is 12.5 Å². The lowest BCUT2D eigenvalue weighted by Gasteiger charge is -2.13. The summed E-state index contributed by atoms with van der Waals surface area (Å²) in [6.45, 7) is 1.74. The Hall–Kier alpha value is -1.96. The van der Waals surface area contributed by atoms with E-state index in [1.54, 1.807) is 18.1 Å². The Morgan fingerprint density at radius 3 is 2.76 bits per heavy atom. The third-order valence-corrected chi connectivity index (χ3v) is 1.95. The maximum atomic E-state index is 10.8. The molecule has 1 rings (SSSR count). The van der Waals surface area contributed by atoms with Gasteiger partial charge in [-0.2, -0.15) is 5.10 Å². The van der Waals surface area contributed by atoms with Crippen molar-refractivity contribution in [2.45, 2.75) is 19.5 Å². The number of hydrogen-bond donors (Lipinski definition) is 3. The molecule has 0 aliphatic carbocycles. The quantitative estimate of drug-likeness (QED) is 0.559. The summed E-state index contributed by atoms with van der Waals surface area (Å²) in [6.07, 6.45) is 1.56. The van der Waals surface area contributed by atoms with E-state index in [4.69, 9.17) is 5.11 Å². The first-order valence-corrected chi connectivity index (χ1v) is 5.04. The second-order valence-electron chi connectivity index (χ2n) is 3.56. The smallest absolute Gasteiger partial charge is 0.327 e. The number of rotatable bonds is 6. The molecule has 3 N–H and O–H groups in total. The first-order valence-electron chi connectivity index (χ1n) is 5.04. The topological polar surface area (TPSA) is 109 Å². The second-order valence-corrected chi connectivity index (χ2v) is 3.56. The minimum atomic E-state index is -1.08. The number of aliphatic carboxylic acids is 1. The van der Waals surface area contributed by atoms with Gasteiger partial charge in [-0.3, -0.25) is 9.48 Å². The summed E-state index contributed by atoms with van der Waals surface area (Å²) >= 11 is 0. The zero-order valence-corrected chi connectivity index (χ0v) is 9.67. The monoisotopic (exact) mass is 241 g/mol. The van der Waals surface area contributed by atoms with Crippen LogP contribution in [0.3, 0.4) is 0 Å². The van der Waals surface area contributed by atoms with Crippen molar-refractivity contribution in [2.24, 2.45) is 7.05 Å². The highest BCUT2D eigenvalue weighted by Gasteiger charge is 2.17. The predicted octanol–water partition coefficient (Wildman–Crippen LogP) is -1.51. The molecule has 0 bridgehead atoms. The molecule has 1 heterocycles. The number of nitrogens with zero attached hydrogens (tertiary/aromatic N) is 3. The van der Waals surface area contributed by atoms with Gasteiger partial charge in [-0.1, -0.05) is 0 Å². The van der Waals surface area contributed by atoms with E-state index < -0.39 is 12.0 Å². The number of carboxylic acid groups (broad SMARTS) is 1. The Morgan fingerprint density at radius 2 is 2.29 bits per heavy atom. The van der Waals surface area contributed by atoms with Crippen molar-refractivity contribution in [1.29, 1.82) is 0 Å². The molecule has 0 fully saturated rings. The molecular weight excluding hydrogens is 226 g/mol. The Kier molecular flexibility index (Phi) is 4.58. The summed E-state index contributed by atoms with van der Waals surface area (Å²) in [5.74, 6) is -0.892. The van der Waals surface area contributed by atoms with Gasteiger partial charge in [-0.15, -0.1) is 0 Å². The first kappa shape index (κ1) is 13.1. The van der Waals surface area contributed by atoms with Gasteiger partial charge in [0.15, 0.2) is 5.82 Å². The molecule has 0 radical (unpaired) electrons. The lowest BCUT2D eigenvalue weighted by Crippen LogP contribution is -2.46. The van der Waals surface area contributed by atoms with E-state index in [2.05, 4.69) is 20.7 Å². The SMILES string of the molecule is CC(=O)NC(CNCc1ncn(C)n1)C(=O)O. The molecule has 0 spiro atoms. The third-order valence-electron chi connectivity index (χ3n) is 1.95. The molecule has 1 aromatic rings. The molecule has 8 heteroatoms. The summed E-state index contributed by atoms with van der Waals surface area (Å²) in [7, 11) is 1.74. The number of nitrogens with one attached hydrogen (secondary N) is 2. The van der Waals surface area contributed by atoms with E-state index in [1.165, 1.54) is 6.92 Å². The van der Waals surface area contributed by atoms with Crippen molar-refractivity contribution in [2.75, 3.05) is 6.54 Å². The van der Waals surface area contributed by atoms with Gasteiger partial charge in [0.25, 0.3) is 0 Å². The van der Waals surface area contributed by atoms with Gasteiger partial charge in [0, 0.05) is 20.5 Å². The molecule has 0 aliphatic heterocycles. The third kappa shape index (κ3) is 4.60. The summed E-state index contributed by atoms with van der Waals surface area (Å²) in [4.78, 5) is 25.5. The Morgan fingerprint density at radius 1 is 1.59 bits per heavy atom. The Bertz CT molecular complexity index is 403. The molecule has 94 valence electrons. The Labute approximate surface area is 98.0 Å². The molecule has 17 heavy (non-hydrogen) atoms. The Balaban J connectivity index is 2.37. The fraction of sp³-hybridized carbons (Fsp3) is 0.556. The molecule has 0 aliphatic rings. The van der Waals surface area contributed by atoms with Crippen LogP contribution in [-0.4, -0.2) is 44.3 Å². The highest BCUT2D eigenvalue weighted by molar-refractivity contribution is 5.82. The van der Waals surface area contributed by atoms with Crippen molar-refractivity contribution in [3.05, 3.63) is 12.2 Å². The maximum Gasteiger partial charge on any atom is 0.327 e. The van der Waals surface area contributed by atoms with Crippen LogP contribution in [0.5, 0.6) is 0 Å². The van der Waals surface area contributed by atoms with Crippen LogP contribution in [0.25, 0.3) is 0 Å². The number of hydrogen-bond acceptors (Lipinski definition) is 5. The highest BCUT2D eigenvalue weighted by atomic mass is 16.4. The van der Waals surface area contributed by atoms with Crippen LogP contribution in [0, 0.1) is 0 Å². The largest absolute Gasteiger partial charge is 0.480 e. The van der Waals surface area contributed by atoms with E-state index >= 15 is 0 Å². The fourth-order valence-corrected chi connectivity index (χ4v) is 1.24. The zero-order chi connectivity index (χ0) is 12.8. The van der Waals surface area contributed by atoms with E-state index in [0.717, 1.165) is 0 Å². The summed E-state index contributed by atoms with van der Waals surface area (Å²) < 4.78 is 1.56. The molecule has 8 nitrogen and oxygen atoms in total. The number of carbonyl (C=O) groups is 2. The van der Waals surface area contributed by atoms with Gasteiger partial charge < -0.3 is 15.7 Å². The number of aryl methyl sites for hydroxylation is 1. The molecule has 1 aromatic heterocycles. The summed E-state index contributed by atoms with van der Waals surface area (Å²) in [5.41, 5.74) is 0. The lowest BCUT2D eigenvalue weighted by molar-refractivity contribution is -0.141. The van der Waals surface area contributed by atoms with Crippen LogP contribution >= 0.6 is 0 Å². The predicted molar refractivity (Wildman–Crippen MR) is 58.0 cm³/mol. The van der Waals surface area contributed by atoms with Gasteiger partial charge in [0.1, 0.15) is 12.4 Å². The van der Waals surface area contributed by atoms with Crippen LogP contribution < -0.4 is 10.6 Å². The normalized spacial score (nSPS) is 12.1. The average molecular weight is 241 g/mol. The van der Waals surface area contributed by atoms with Gasteiger partial charge in [-0.25, -0.2) is 9.78 Å². The molecular formula is C9H15N5O3. The second kappa shape index (κ2) is 5.94. The maximum absolute atomic E-state index is 10.8. The highest BCUT2D eigenvalue weighted by Crippen LogP contribution is 1.88. The fourth-order valence-electron chi connectivity index (χ4n) is 1.24. The molecule has 0 saturated heterocycles. The molecule has 0 aromatic carbocycles. The summed E-state index contributed by atoms with van der Waals surface area (Å²) in [5, 5.41) is 18.0. The van der Waals surface area contributed by atoms with Crippen LogP contribution in [0.2, 0.25) is 0 Å². The molecule has 1 amide bonds. The van der Waals surface area contributed by atoms with E-state index in [0.29, 0.717) is 12.4 Å². The number of aromatic nitrogens is 3. The van der Waals surface area contributed by atoms with Crippen molar-refractivity contribution in [3.8, 4) is 0 Å². The number of carbonyl (C=O) groups excluding carboxylic acids is 1. The van der Waals surface area contributed by atoms with Crippen LogP contribution in [-0.2, 0) is 23.2 Å². The van der Waals surface area contributed by atoms with Crippen molar-refractivity contribution in [1.82, 2.24) is 25.4 Å². The molecule has 1 unspecified atom stereocenters. The van der Waals surface area contributed by atoms with Crippen molar-refractivity contribution < 1.29 is 14.7 Å². The minimum Gasteiger partial charge on any atom is -0.480 e. The van der Waals surface area contributed by atoms with Gasteiger partial charge in [-0.05, 0) is 0 Å². The van der Waals surface area contributed by atoms with Crippen LogP contribution in [0.4, 0.5) is 0 Å². The van der Waals surface area contributed by atoms with Crippen LogP contribution in [0.1, 0.15) is 12.7 Å². The minimum absolute atomic E-state index is 0.118. The number of carboxylic acids is 1. The first-order chi connectivity index (χ1) is 7.99. The van der Waals surface area contributed by atoms with Crippen LogP contribution in [0.15, 0.2) is 6.33 Å². The van der Waals surface area contributed by atoms with Gasteiger partial charge in [0.05, 0.1) is 6.54 Å². The van der Waals surface area contributed by atoms with Gasteiger partial charge in [0.2, 0.25) is 5.91 Å². The van der Waals surface area contributed by atoms with Gasteiger partial charge >= 0.3 is 5.97 Å². The molecule has 0 saturated carbocycles. The summed E-state index contributed by atoms with van der Waals surface area (Å²) in [6, 6.07) is -0.948. The van der Waals surface area contributed by atoms with E-state index in [9.17, 15) is 9.59 Å².